The van der Waals surface area contributed by atoms with Gasteiger partial charge in [0.05, 0.1) is 11.2 Å². The van der Waals surface area contributed by atoms with Gasteiger partial charge in [-0.25, -0.2) is 18.4 Å². The zero-order chi connectivity index (χ0) is 23.0. The van der Waals surface area contributed by atoms with Crippen LogP contribution in [-0.4, -0.2) is 70.9 Å². The van der Waals surface area contributed by atoms with Gasteiger partial charge in [0.1, 0.15) is 5.01 Å². The van der Waals surface area contributed by atoms with E-state index in [0.29, 0.717) is 31.7 Å². The number of imidazole rings is 1. The number of carbonyl (C=O) groups is 1. The molecule has 0 radical (unpaired) electrons. The van der Waals surface area contributed by atoms with Gasteiger partial charge in [0, 0.05) is 56.1 Å². The molecule has 1 aromatic carbocycles. The molecule has 1 aliphatic heterocycles. The first-order valence-corrected chi connectivity index (χ1v) is 13.4. The molecule has 3 aromatic heterocycles. The second kappa shape index (κ2) is 8.69. The topological polar surface area (TPSA) is 87.9 Å². The fraction of sp³-hybridized carbons (Fsp3) is 0.261. The summed E-state index contributed by atoms with van der Waals surface area (Å²) >= 11 is 1.64. The molecule has 8 nitrogen and oxygen atoms in total. The fourth-order valence-electron chi connectivity index (χ4n) is 4.01. The number of hydrogen-bond acceptors (Lipinski definition) is 7. The Hall–Kier alpha value is -3.08. The number of nitrogens with zero attached hydrogens (tertiary/aromatic N) is 5. The van der Waals surface area contributed by atoms with Gasteiger partial charge < -0.3 is 4.90 Å². The third-order valence-corrected chi connectivity index (χ3v) is 7.56. The molecule has 0 unspecified atom stereocenters. The predicted molar refractivity (Wildman–Crippen MR) is 127 cm³/mol. The highest BCUT2D eigenvalue weighted by Gasteiger charge is 2.28. The standard InChI is InChI=1S/C23H23N5O3S2/c1-33(30,31)23-25-20(19-9-5-6-10-28(19)23)22(29)27-13-11-26(12-14-27)15-18-16-32-21(24-18)17-7-3-2-4-8-17/h2-10,16H,11-15H2,1H3. The molecule has 0 aliphatic carbocycles. The van der Waals surface area contributed by atoms with Crippen LogP contribution in [0.25, 0.3) is 16.1 Å². The number of carbonyl (C=O) groups excluding carboxylic acids is 1. The lowest BCUT2D eigenvalue weighted by atomic mass is 10.2. The molecule has 5 rings (SSSR count). The number of amides is 1. The van der Waals surface area contributed by atoms with Gasteiger partial charge >= 0.3 is 0 Å². The molecule has 1 amide bonds. The fourth-order valence-corrected chi connectivity index (χ4v) is 5.60. The molecule has 10 heteroatoms. The van der Waals surface area contributed by atoms with Crippen LogP contribution in [0, 0.1) is 0 Å². The number of hydrogen-bond donors (Lipinski definition) is 0. The van der Waals surface area contributed by atoms with E-state index in [1.165, 1.54) is 4.40 Å². The van der Waals surface area contributed by atoms with E-state index in [9.17, 15) is 13.2 Å². The van der Waals surface area contributed by atoms with Gasteiger partial charge in [0.2, 0.25) is 15.0 Å². The van der Waals surface area contributed by atoms with E-state index in [-0.39, 0.29) is 16.8 Å². The number of aromatic nitrogens is 3. The maximum atomic E-state index is 13.2. The Labute approximate surface area is 196 Å². The second-order valence-electron chi connectivity index (χ2n) is 8.05. The second-order valence-corrected chi connectivity index (χ2v) is 10.8. The number of fused-ring (bicyclic) bond motifs is 1. The summed E-state index contributed by atoms with van der Waals surface area (Å²) in [5, 5.41) is 2.98. The zero-order valence-corrected chi connectivity index (χ0v) is 19.7. The maximum absolute atomic E-state index is 13.2. The number of pyridine rings is 1. The monoisotopic (exact) mass is 481 g/mol. The largest absolute Gasteiger partial charge is 0.335 e. The zero-order valence-electron chi connectivity index (χ0n) is 18.1. The minimum absolute atomic E-state index is 0.113. The van der Waals surface area contributed by atoms with Crippen molar-refractivity contribution >= 4 is 32.6 Å². The minimum atomic E-state index is -3.57. The van der Waals surface area contributed by atoms with Gasteiger partial charge in [-0.05, 0) is 12.1 Å². The van der Waals surface area contributed by atoms with Crippen LogP contribution in [-0.2, 0) is 16.4 Å². The number of benzene rings is 1. The van der Waals surface area contributed by atoms with Crippen molar-refractivity contribution in [3.05, 3.63) is 71.5 Å². The van der Waals surface area contributed by atoms with Gasteiger partial charge in [0.15, 0.2) is 5.69 Å². The summed E-state index contributed by atoms with van der Waals surface area (Å²) in [5.74, 6) is -0.242. The first kappa shape index (κ1) is 21.7. The van der Waals surface area contributed by atoms with Gasteiger partial charge in [-0.2, -0.15) is 0 Å². The summed E-state index contributed by atoms with van der Waals surface area (Å²) in [4.78, 5) is 26.2. The molecule has 0 N–H and O–H groups in total. The van der Waals surface area contributed by atoms with Crippen molar-refractivity contribution < 1.29 is 13.2 Å². The molecule has 170 valence electrons. The summed E-state index contributed by atoms with van der Waals surface area (Å²) in [6.45, 7) is 3.27. The van der Waals surface area contributed by atoms with Crippen LogP contribution in [0.15, 0.2) is 65.3 Å². The Bertz CT molecular complexity index is 1400. The summed E-state index contributed by atoms with van der Waals surface area (Å²) < 4.78 is 25.8. The highest BCUT2D eigenvalue weighted by molar-refractivity contribution is 7.90. The van der Waals surface area contributed by atoms with E-state index in [2.05, 4.69) is 27.4 Å². The Kier molecular flexibility index (Phi) is 5.73. The van der Waals surface area contributed by atoms with Crippen molar-refractivity contribution in [1.82, 2.24) is 24.2 Å². The molecule has 33 heavy (non-hydrogen) atoms. The van der Waals surface area contributed by atoms with Gasteiger partial charge in [-0.15, -0.1) is 11.3 Å². The van der Waals surface area contributed by atoms with E-state index in [0.717, 1.165) is 29.1 Å². The highest BCUT2D eigenvalue weighted by atomic mass is 32.2. The third kappa shape index (κ3) is 4.41. The van der Waals surface area contributed by atoms with Crippen LogP contribution in [0.5, 0.6) is 0 Å². The normalized spacial score (nSPS) is 15.2. The predicted octanol–water partition coefficient (Wildman–Crippen LogP) is 2.82. The van der Waals surface area contributed by atoms with E-state index in [4.69, 9.17) is 4.98 Å². The first-order valence-electron chi connectivity index (χ1n) is 10.6. The van der Waals surface area contributed by atoms with Crippen LogP contribution < -0.4 is 0 Å². The van der Waals surface area contributed by atoms with Crippen molar-refractivity contribution in [2.24, 2.45) is 0 Å². The van der Waals surface area contributed by atoms with E-state index in [1.54, 1.807) is 40.6 Å². The molecular formula is C23H23N5O3S2. The van der Waals surface area contributed by atoms with Crippen molar-refractivity contribution in [2.45, 2.75) is 11.7 Å². The molecule has 1 aliphatic rings. The average Bonchev–Trinajstić information content (AvgIpc) is 3.45. The minimum Gasteiger partial charge on any atom is -0.335 e. The van der Waals surface area contributed by atoms with Gasteiger partial charge in [0.25, 0.3) is 5.91 Å². The lowest BCUT2D eigenvalue weighted by molar-refractivity contribution is 0.0623. The number of piperazine rings is 1. The van der Waals surface area contributed by atoms with E-state index >= 15 is 0 Å². The quantitative estimate of drug-likeness (QED) is 0.436. The Morgan fingerprint density at radius 1 is 1.00 bits per heavy atom. The lowest BCUT2D eigenvalue weighted by Gasteiger charge is -2.34. The van der Waals surface area contributed by atoms with Gasteiger partial charge in [-0.1, -0.05) is 36.4 Å². The van der Waals surface area contributed by atoms with Crippen molar-refractivity contribution in [3.63, 3.8) is 0 Å². The van der Waals surface area contributed by atoms with Crippen molar-refractivity contribution in [3.8, 4) is 10.6 Å². The molecule has 4 heterocycles. The van der Waals surface area contributed by atoms with E-state index < -0.39 is 9.84 Å². The van der Waals surface area contributed by atoms with Crippen LogP contribution in [0.3, 0.4) is 0 Å². The summed E-state index contributed by atoms with van der Waals surface area (Å²) in [7, 11) is -3.57. The smallest absolute Gasteiger partial charge is 0.274 e. The number of sulfone groups is 1. The first-order chi connectivity index (χ1) is 15.9. The Morgan fingerprint density at radius 2 is 1.73 bits per heavy atom. The molecular weight excluding hydrogens is 458 g/mol. The van der Waals surface area contributed by atoms with Crippen LogP contribution >= 0.6 is 11.3 Å². The van der Waals surface area contributed by atoms with Crippen molar-refractivity contribution in [2.75, 3.05) is 32.4 Å². The van der Waals surface area contributed by atoms with E-state index in [1.807, 2.05) is 18.2 Å². The number of rotatable bonds is 5. The Morgan fingerprint density at radius 3 is 2.45 bits per heavy atom. The molecule has 4 aromatic rings. The third-order valence-electron chi connectivity index (χ3n) is 5.67. The van der Waals surface area contributed by atoms with Gasteiger partial charge in [-0.3, -0.25) is 14.1 Å². The maximum Gasteiger partial charge on any atom is 0.274 e. The summed E-state index contributed by atoms with van der Waals surface area (Å²) in [6.07, 6.45) is 2.72. The summed E-state index contributed by atoms with van der Waals surface area (Å²) in [5.41, 5.74) is 2.82. The van der Waals surface area contributed by atoms with Crippen LogP contribution in [0.1, 0.15) is 16.2 Å². The average molecular weight is 482 g/mol. The molecule has 0 saturated carbocycles. The Balaban J connectivity index is 1.27. The highest BCUT2D eigenvalue weighted by Crippen LogP contribution is 2.24. The molecule has 0 bridgehead atoms. The molecule has 0 spiro atoms. The molecule has 0 atom stereocenters. The van der Waals surface area contributed by atoms with Crippen molar-refractivity contribution in [1.29, 1.82) is 0 Å². The molecule has 1 fully saturated rings. The number of thiazole rings is 1. The summed E-state index contributed by atoms with van der Waals surface area (Å²) in [6, 6.07) is 15.3. The molecule has 1 saturated heterocycles. The SMILES string of the molecule is CS(=O)(=O)c1nc(C(=O)N2CCN(Cc3csc(-c4ccccc4)n3)CC2)c2ccccn12. The lowest BCUT2D eigenvalue weighted by Crippen LogP contribution is -2.48. The van der Waals surface area contributed by atoms with Crippen LogP contribution in [0.4, 0.5) is 0 Å². The van der Waals surface area contributed by atoms with Crippen LogP contribution in [0.2, 0.25) is 0 Å².